The van der Waals surface area contributed by atoms with Crippen LogP contribution in [-0.4, -0.2) is 52.7 Å². The Kier molecular flexibility index (Phi) is 12.5. The van der Waals surface area contributed by atoms with Gasteiger partial charge in [-0.3, -0.25) is 9.69 Å². The summed E-state index contributed by atoms with van der Waals surface area (Å²) >= 11 is 2.15. The van der Waals surface area contributed by atoms with E-state index < -0.39 is 6.10 Å². The third-order valence-electron chi connectivity index (χ3n) is 15.5. The van der Waals surface area contributed by atoms with E-state index in [0.29, 0.717) is 29.6 Å². The van der Waals surface area contributed by atoms with Crippen molar-refractivity contribution in [3.63, 3.8) is 0 Å². The monoisotopic (exact) mass is 763 g/mol. The van der Waals surface area contributed by atoms with Crippen molar-refractivity contribution in [1.82, 2.24) is 4.90 Å². The van der Waals surface area contributed by atoms with Crippen molar-refractivity contribution in [2.24, 2.45) is 56.7 Å². The second-order valence-corrected chi connectivity index (χ2v) is 17.9. The summed E-state index contributed by atoms with van der Waals surface area (Å²) in [6.07, 6.45) is 13.4. The summed E-state index contributed by atoms with van der Waals surface area (Å²) in [6.45, 7) is 28.5. The molecule has 1 N–H and O–H groups in total. The Morgan fingerprint density at radius 3 is 2.15 bits per heavy atom. The van der Waals surface area contributed by atoms with Crippen LogP contribution in [0.5, 0.6) is 0 Å². The first-order chi connectivity index (χ1) is 22.1. The molecule has 5 heteroatoms. The van der Waals surface area contributed by atoms with Crippen LogP contribution in [0.15, 0.2) is 12.2 Å². The Morgan fingerprint density at radius 2 is 1.55 bits per heavy atom. The van der Waals surface area contributed by atoms with Gasteiger partial charge in [-0.05, 0) is 148 Å². The quantitative estimate of drug-likeness (QED) is 0.0880. The third-order valence-corrected chi connectivity index (χ3v) is 15.5. The lowest BCUT2D eigenvalue weighted by Crippen LogP contribution is -2.67. The van der Waals surface area contributed by atoms with Crippen molar-refractivity contribution >= 4 is 28.6 Å². The van der Waals surface area contributed by atoms with Crippen molar-refractivity contribution in [3.8, 4) is 11.8 Å². The van der Waals surface area contributed by atoms with Gasteiger partial charge in [-0.15, -0.1) is 0 Å². The number of hydrogen-bond donors (Lipinski definition) is 1. The highest BCUT2D eigenvalue weighted by atomic mass is 127. The van der Waals surface area contributed by atoms with E-state index in [2.05, 4.69) is 101 Å². The van der Waals surface area contributed by atoms with Crippen LogP contribution in [0.2, 0.25) is 0 Å². The molecule has 4 nitrogen and oxygen atoms in total. The number of aliphatic hydroxyl groups is 1. The summed E-state index contributed by atoms with van der Waals surface area (Å²) in [4.78, 5) is 16.5. The molecule has 0 aromatic heterocycles. The number of allylic oxidation sites excluding steroid dienone is 1. The Hall–Kier alpha value is -0.580. The van der Waals surface area contributed by atoms with E-state index in [1.54, 1.807) is 6.92 Å². The number of hydrogen-bond acceptors (Lipinski definition) is 4. The van der Waals surface area contributed by atoms with E-state index in [4.69, 9.17) is 4.74 Å². The minimum Gasteiger partial charge on any atom is -0.462 e. The zero-order valence-electron chi connectivity index (χ0n) is 31.9. The predicted octanol–water partition coefficient (Wildman–Crippen LogP) is 10.1. The Bertz CT molecular complexity index is 1180. The molecule has 0 aromatic rings. The molecule has 0 bridgehead atoms. The van der Waals surface area contributed by atoms with Crippen LogP contribution < -0.4 is 0 Å². The number of halogens is 1. The van der Waals surface area contributed by atoms with Crippen LogP contribution in [-0.2, 0) is 9.53 Å². The van der Waals surface area contributed by atoms with Gasteiger partial charge in [-0.25, -0.2) is 0 Å². The van der Waals surface area contributed by atoms with Gasteiger partial charge in [0.05, 0.1) is 6.54 Å². The molecule has 0 aliphatic heterocycles. The van der Waals surface area contributed by atoms with E-state index in [1.165, 1.54) is 37.7 Å². The molecule has 5 saturated carbocycles. The van der Waals surface area contributed by atoms with Crippen LogP contribution in [0, 0.1) is 68.5 Å². The van der Waals surface area contributed by atoms with Crippen molar-refractivity contribution in [2.45, 2.75) is 152 Å². The fourth-order valence-corrected chi connectivity index (χ4v) is 13.4. The van der Waals surface area contributed by atoms with Gasteiger partial charge in [-0.1, -0.05) is 95.0 Å². The smallest absolute Gasteiger partial charge is 0.302 e. The number of carbonyl (C=O) groups excluding carboxylic acids is 1. The molecule has 11 atom stereocenters. The van der Waals surface area contributed by atoms with Gasteiger partial charge >= 0.3 is 5.97 Å². The predicted molar refractivity (Wildman–Crippen MR) is 205 cm³/mol. The SMILES string of the molecule is C=C(C)[C@@H]1CC[C@]2([C@H](O)C#CCN(CCC)CCC)CC[C@]3(C)[C@H](CC[C@@H]4[C@@]5(C)CC[C@H](OC(C)=O)C(C)(C)[C@@H]5CC[C@]43C)[C@@H]12.CI. The van der Waals surface area contributed by atoms with Crippen molar-refractivity contribution in [3.05, 3.63) is 12.2 Å². The van der Waals surface area contributed by atoms with Crippen LogP contribution in [0.25, 0.3) is 0 Å². The van der Waals surface area contributed by atoms with Crippen LogP contribution in [0.1, 0.15) is 139 Å². The third kappa shape index (κ3) is 6.54. The highest BCUT2D eigenvalue weighted by Gasteiger charge is 2.71. The molecule has 0 saturated heterocycles. The first-order valence-corrected chi connectivity index (χ1v) is 21.4. The Labute approximate surface area is 303 Å². The van der Waals surface area contributed by atoms with Crippen LogP contribution in [0.4, 0.5) is 0 Å². The minimum absolute atomic E-state index is 0.0113. The van der Waals surface area contributed by atoms with E-state index >= 15 is 0 Å². The summed E-state index contributed by atoms with van der Waals surface area (Å²) in [5.74, 6) is 9.57. The van der Waals surface area contributed by atoms with Gasteiger partial charge in [0.25, 0.3) is 0 Å². The second kappa shape index (κ2) is 15.0. The number of carbonyl (C=O) groups is 1. The number of alkyl halides is 1. The maximum atomic E-state index is 12.1. The normalized spacial score (nSPS) is 42.2. The largest absolute Gasteiger partial charge is 0.462 e. The maximum absolute atomic E-state index is 12.1. The molecule has 0 unspecified atom stereocenters. The molecular weight excluding hydrogens is 693 g/mol. The van der Waals surface area contributed by atoms with Gasteiger partial charge in [0.15, 0.2) is 0 Å². The van der Waals surface area contributed by atoms with Crippen molar-refractivity contribution in [2.75, 3.05) is 24.6 Å². The van der Waals surface area contributed by atoms with E-state index in [9.17, 15) is 9.90 Å². The summed E-state index contributed by atoms with van der Waals surface area (Å²) < 4.78 is 5.96. The maximum Gasteiger partial charge on any atom is 0.302 e. The Balaban J connectivity index is 0.00000245. The second-order valence-electron chi connectivity index (χ2n) is 17.9. The summed E-state index contributed by atoms with van der Waals surface area (Å²) in [7, 11) is 0. The van der Waals surface area contributed by atoms with Crippen molar-refractivity contribution < 1.29 is 14.6 Å². The number of nitrogens with zero attached hydrogens (tertiary/aromatic N) is 1. The first kappa shape index (κ1) is 39.2. The zero-order chi connectivity index (χ0) is 35.0. The molecule has 0 amide bonds. The zero-order valence-corrected chi connectivity index (χ0v) is 34.1. The molecule has 0 radical (unpaired) electrons. The average molecular weight is 764 g/mol. The summed E-state index contributed by atoms with van der Waals surface area (Å²) in [6, 6.07) is 0. The van der Waals surface area contributed by atoms with Crippen molar-refractivity contribution in [1.29, 1.82) is 0 Å². The standard InChI is InChI=1S/C41H67NO3.CH3I/c1-11-25-42(26-12-2)27-13-14-34(44)41-22-17-30(28(3)4)36(41)31-15-16-33-38(8)20-19-35(45-29(5)43)37(6,7)32(38)18-21-40(33,10)39(31,9)23-24-41;1-2/h30-36,44H,3,11-12,15-27H2,1-2,4-10H3;1H3/t30-,31+,32-,33+,34+,35-,36+,38-,39+,40+,41+;/m0./s1. The topological polar surface area (TPSA) is 49.8 Å². The summed E-state index contributed by atoms with van der Waals surface area (Å²) in [5.41, 5.74) is 1.94. The number of aliphatic hydroxyl groups excluding tert-OH is 1. The molecule has 0 spiro atoms. The molecule has 268 valence electrons. The van der Waals surface area contributed by atoms with Gasteiger partial charge in [0.2, 0.25) is 0 Å². The molecule has 0 aromatic carbocycles. The highest BCUT2D eigenvalue weighted by molar-refractivity contribution is 14.1. The first-order valence-electron chi connectivity index (χ1n) is 19.2. The van der Waals surface area contributed by atoms with Gasteiger partial charge in [-0.2, -0.15) is 0 Å². The number of rotatable bonds is 8. The number of fused-ring (bicyclic) bond motifs is 7. The minimum atomic E-state index is -0.558. The number of ether oxygens (including phenoxy) is 1. The van der Waals surface area contributed by atoms with Crippen LogP contribution >= 0.6 is 22.6 Å². The lowest BCUT2D eigenvalue weighted by molar-refractivity contribution is -0.253. The molecule has 5 aliphatic carbocycles. The molecule has 0 heterocycles. The lowest BCUT2D eigenvalue weighted by Gasteiger charge is -2.73. The van der Waals surface area contributed by atoms with E-state index in [0.717, 1.165) is 64.6 Å². The van der Waals surface area contributed by atoms with E-state index in [-0.39, 0.29) is 39.1 Å². The molecule has 47 heavy (non-hydrogen) atoms. The average Bonchev–Trinajstić information content (AvgIpc) is 3.41. The lowest BCUT2D eigenvalue weighted by atomic mass is 9.32. The molecular formula is C42H70INO3. The molecule has 5 aliphatic rings. The number of esters is 1. The molecule has 5 rings (SSSR count). The Morgan fingerprint density at radius 1 is 0.894 bits per heavy atom. The van der Waals surface area contributed by atoms with Gasteiger partial charge < -0.3 is 9.84 Å². The highest BCUT2D eigenvalue weighted by Crippen LogP contribution is 2.78. The van der Waals surface area contributed by atoms with E-state index in [1.807, 2.05) is 4.93 Å². The van der Waals surface area contributed by atoms with Gasteiger partial charge in [0, 0.05) is 17.8 Å². The fourth-order valence-electron chi connectivity index (χ4n) is 13.4. The van der Waals surface area contributed by atoms with Gasteiger partial charge in [0.1, 0.15) is 12.2 Å². The van der Waals surface area contributed by atoms with Crippen LogP contribution in [0.3, 0.4) is 0 Å². The molecule has 5 fully saturated rings. The fraction of sp³-hybridized carbons (Fsp3) is 0.881. The summed E-state index contributed by atoms with van der Waals surface area (Å²) in [5, 5.41) is 12.1.